The van der Waals surface area contributed by atoms with Gasteiger partial charge in [-0.25, -0.2) is 0 Å². The lowest BCUT2D eigenvalue weighted by molar-refractivity contribution is -0.267. The highest BCUT2D eigenvalue weighted by atomic mass is 79.9. The zero-order valence-corrected chi connectivity index (χ0v) is 20.8. The Morgan fingerprint density at radius 2 is 1.85 bits per heavy atom. The van der Waals surface area contributed by atoms with E-state index in [0.717, 1.165) is 19.4 Å². The lowest BCUT2D eigenvalue weighted by Crippen LogP contribution is -2.43. The second-order valence-corrected chi connectivity index (χ2v) is 9.60. The van der Waals surface area contributed by atoms with Crippen LogP contribution in [0.2, 0.25) is 0 Å². The van der Waals surface area contributed by atoms with Gasteiger partial charge in [-0.3, -0.25) is 9.63 Å². The van der Waals surface area contributed by atoms with E-state index < -0.39 is 11.6 Å². The predicted octanol–water partition coefficient (Wildman–Crippen LogP) is 5.77. The van der Waals surface area contributed by atoms with Gasteiger partial charge in [-0.15, -0.1) is 0 Å². The summed E-state index contributed by atoms with van der Waals surface area (Å²) in [5, 5.41) is 17.4. The van der Waals surface area contributed by atoms with Gasteiger partial charge in [0.15, 0.2) is 5.76 Å². The van der Waals surface area contributed by atoms with Crippen LogP contribution in [0.25, 0.3) is 16.5 Å². The van der Waals surface area contributed by atoms with Crippen LogP contribution in [0.15, 0.2) is 72.5 Å². The van der Waals surface area contributed by atoms with Crippen molar-refractivity contribution in [1.82, 2.24) is 10.2 Å². The summed E-state index contributed by atoms with van der Waals surface area (Å²) in [7, 11) is 0. The fourth-order valence-electron chi connectivity index (χ4n) is 3.83. The van der Waals surface area contributed by atoms with Crippen LogP contribution in [-0.2, 0) is 22.0 Å². The molecule has 1 atom stereocenters. The summed E-state index contributed by atoms with van der Waals surface area (Å²) in [6.07, 6.45) is 1.45. The zero-order valence-electron chi connectivity index (χ0n) is 17.6. The normalized spacial score (nSPS) is 18.4. The number of hydrogen-bond donors (Lipinski definition) is 1. The monoisotopic (exact) mass is 572 g/mol. The van der Waals surface area contributed by atoms with E-state index in [0.29, 0.717) is 28.2 Å². The van der Waals surface area contributed by atoms with Crippen LogP contribution in [0.1, 0.15) is 28.3 Å². The summed E-state index contributed by atoms with van der Waals surface area (Å²) in [4.78, 5) is 19.4. The molecular weight excluding hydrogens is 556 g/mol. The molecule has 2 aromatic carbocycles. The van der Waals surface area contributed by atoms with Crippen LogP contribution >= 0.6 is 31.9 Å². The van der Waals surface area contributed by atoms with Crippen molar-refractivity contribution in [2.45, 2.75) is 26.2 Å². The number of aliphatic hydroxyl groups is 1. The Hall–Kier alpha value is -2.72. The van der Waals surface area contributed by atoms with Gasteiger partial charge in [0, 0.05) is 19.9 Å². The molecule has 1 aliphatic heterocycles. The lowest BCUT2D eigenvalue weighted by Gasteiger charge is -2.29. The van der Waals surface area contributed by atoms with E-state index in [2.05, 4.69) is 37.0 Å². The molecule has 0 aliphatic carbocycles. The molecule has 0 spiro atoms. The molecule has 33 heavy (non-hydrogen) atoms. The minimum Gasteiger partial charge on any atom is -0.455 e. The predicted molar refractivity (Wildman–Crippen MR) is 128 cm³/mol. The number of hydrogen-bond acceptors (Lipinski definition) is 6. The Labute approximate surface area is 205 Å². The molecule has 0 fully saturated rings. The molecule has 0 bridgehead atoms. The maximum atomic E-state index is 13.5. The smallest absolute Gasteiger partial charge is 0.281 e. The molecule has 7 nitrogen and oxygen atoms in total. The van der Waals surface area contributed by atoms with Gasteiger partial charge < -0.3 is 14.0 Å². The van der Waals surface area contributed by atoms with Crippen LogP contribution in [0.5, 0.6) is 0 Å². The van der Waals surface area contributed by atoms with E-state index in [-0.39, 0.29) is 17.9 Å². The SMILES string of the molecule is Cc1noc(C)c1CON1C(=O)C(c2cc(Br)cc(Br)c2)=CC1(O)c1cc2ccccc2o1. The van der Waals surface area contributed by atoms with Gasteiger partial charge in [0.2, 0.25) is 5.72 Å². The quantitative estimate of drug-likeness (QED) is 0.326. The average Bonchev–Trinajstić information content (AvgIpc) is 3.42. The maximum absolute atomic E-state index is 13.5. The fourth-order valence-corrected chi connectivity index (χ4v) is 5.12. The Morgan fingerprint density at radius 1 is 1.12 bits per heavy atom. The summed E-state index contributed by atoms with van der Waals surface area (Å²) >= 11 is 6.91. The van der Waals surface area contributed by atoms with Crippen molar-refractivity contribution in [3.63, 3.8) is 0 Å². The minimum atomic E-state index is -1.96. The first-order valence-corrected chi connectivity index (χ1v) is 11.6. The van der Waals surface area contributed by atoms with E-state index in [1.807, 2.05) is 24.3 Å². The van der Waals surface area contributed by atoms with E-state index in [4.69, 9.17) is 13.8 Å². The summed E-state index contributed by atoms with van der Waals surface area (Å²) in [5.74, 6) is 0.241. The first-order chi connectivity index (χ1) is 15.8. The number of carbonyl (C=O) groups is 1. The number of benzene rings is 2. The third-order valence-electron chi connectivity index (χ3n) is 5.55. The van der Waals surface area contributed by atoms with Crippen LogP contribution in [-0.4, -0.2) is 21.2 Å². The Kier molecular flexibility index (Phi) is 5.52. The van der Waals surface area contributed by atoms with Crippen molar-refractivity contribution >= 4 is 54.3 Å². The van der Waals surface area contributed by atoms with Gasteiger partial charge in [-0.1, -0.05) is 55.2 Å². The van der Waals surface area contributed by atoms with Gasteiger partial charge in [0.1, 0.15) is 18.0 Å². The molecule has 0 saturated heterocycles. The highest BCUT2D eigenvalue weighted by molar-refractivity contribution is 9.11. The molecule has 4 aromatic rings. The Balaban J connectivity index is 1.60. The number of carbonyl (C=O) groups excluding carboxylic acids is 1. The van der Waals surface area contributed by atoms with Crippen LogP contribution in [0, 0.1) is 13.8 Å². The molecule has 5 rings (SSSR count). The van der Waals surface area contributed by atoms with E-state index in [1.54, 1.807) is 38.1 Å². The molecule has 1 N–H and O–H groups in total. The second kappa shape index (κ2) is 8.25. The Bertz CT molecular complexity index is 1350. The Morgan fingerprint density at radius 3 is 2.52 bits per heavy atom. The molecule has 1 unspecified atom stereocenters. The third kappa shape index (κ3) is 3.85. The molecule has 3 heterocycles. The summed E-state index contributed by atoms with van der Waals surface area (Å²) in [5.41, 5.74) is 0.868. The fraction of sp³-hybridized carbons (Fsp3) is 0.167. The number of furan rings is 1. The molecule has 168 valence electrons. The second-order valence-electron chi connectivity index (χ2n) is 7.77. The number of nitrogens with zero attached hydrogens (tertiary/aromatic N) is 2. The summed E-state index contributed by atoms with van der Waals surface area (Å²) < 4.78 is 12.7. The van der Waals surface area contributed by atoms with Crippen molar-refractivity contribution in [2.75, 3.05) is 0 Å². The van der Waals surface area contributed by atoms with Gasteiger partial charge in [0.05, 0.1) is 11.3 Å². The minimum absolute atomic E-state index is 0.0151. The van der Waals surface area contributed by atoms with Gasteiger partial charge in [0.25, 0.3) is 5.91 Å². The zero-order chi connectivity index (χ0) is 23.3. The molecule has 1 amide bonds. The summed E-state index contributed by atoms with van der Waals surface area (Å²) in [6, 6.07) is 14.5. The van der Waals surface area contributed by atoms with Gasteiger partial charge >= 0.3 is 0 Å². The van der Waals surface area contributed by atoms with Crippen LogP contribution < -0.4 is 0 Å². The van der Waals surface area contributed by atoms with Crippen molar-refractivity contribution in [3.8, 4) is 0 Å². The molecule has 2 aromatic heterocycles. The first kappa shape index (κ1) is 22.1. The number of halogens is 2. The number of aromatic nitrogens is 1. The average molecular weight is 574 g/mol. The van der Waals surface area contributed by atoms with Crippen LogP contribution in [0.3, 0.4) is 0 Å². The standard InChI is InChI=1S/C24H18Br2N2O5/c1-13-20(14(2)33-27-13)12-31-28-23(29)19(16-7-17(25)10-18(26)8-16)11-24(28,30)22-9-15-5-3-4-6-21(15)32-22/h3-11,30H,12H2,1-2H3. The molecule has 1 aliphatic rings. The van der Waals surface area contributed by atoms with Crippen molar-refractivity contribution in [1.29, 1.82) is 0 Å². The van der Waals surface area contributed by atoms with E-state index >= 15 is 0 Å². The van der Waals surface area contributed by atoms with Crippen molar-refractivity contribution in [3.05, 3.63) is 91.9 Å². The largest absolute Gasteiger partial charge is 0.455 e. The third-order valence-corrected chi connectivity index (χ3v) is 6.47. The van der Waals surface area contributed by atoms with Gasteiger partial charge in [-0.05, 0) is 55.8 Å². The highest BCUT2D eigenvalue weighted by Gasteiger charge is 2.49. The summed E-state index contributed by atoms with van der Waals surface area (Å²) in [6.45, 7) is 3.53. The number of amides is 1. The van der Waals surface area contributed by atoms with Crippen LogP contribution in [0.4, 0.5) is 0 Å². The lowest BCUT2D eigenvalue weighted by atomic mass is 10.0. The van der Waals surface area contributed by atoms with Crippen molar-refractivity contribution in [2.24, 2.45) is 0 Å². The molecular formula is C24H18Br2N2O5. The maximum Gasteiger partial charge on any atom is 0.281 e. The molecule has 9 heteroatoms. The number of para-hydroxylation sites is 1. The first-order valence-electron chi connectivity index (χ1n) is 10.1. The van der Waals surface area contributed by atoms with Crippen molar-refractivity contribution < 1.29 is 23.7 Å². The number of hydroxylamine groups is 2. The number of fused-ring (bicyclic) bond motifs is 1. The topological polar surface area (TPSA) is 88.9 Å². The molecule has 0 saturated carbocycles. The number of aryl methyl sites for hydroxylation is 2. The molecule has 0 radical (unpaired) electrons. The highest BCUT2D eigenvalue weighted by Crippen LogP contribution is 2.42. The van der Waals surface area contributed by atoms with Gasteiger partial charge in [-0.2, -0.15) is 5.06 Å². The van der Waals surface area contributed by atoms with E-state index in [9.17, 15) is 9.90 Å². The van der Waals surface area contributed by atoms with E-state index in [1.165, 1.54) is 6.08 Å². The number of rotatable bonds is 5.